The highest BCUT2D eigenvalue weighted by molar-refractivity contribution is 5.92. The van der Waals surface area contributed by atoms with E-state index >= 15 is 0 Å². The van der Waals surface area contributed by atoms with Gasteiger partial charge in [-0.05, 0) is 127 Å². The average Bonchev–Trinajstić information content (AvgIpc) is 3.29. The van der Waals surface area contributed by atoms with Gasteiger partial charge in [0.2, 0.25) is 0 Å². The summed E-state index contributed by atoms with van der Waals surface area (Å²) in [5.74, 6) is -2.43. The lowest BCUT2D eigenvalue weighted by molar-refractivity contribution is -0.141. The van der Waals surface area contributed by atoms with E-state index in [0.717, 1.165) is 0 Å². The van der Waals surface area contributed by atoms with Crippen LogP contribution >= 0.6 is 0 Å². The van der Waals surface area contributed by atoms with Crippen molar-refractivity contribution in [3.63, 3.8) is 0 Å². The summed E-state index contributed by atoms with van der Waals surface area (Å²) >= 11 is 0. The van der Waals surface area contributed by atoms with E-state index in [4.69, 9.17) is 39.9 Å². The molecule has 0 radical (unpaired) electrons. The Balaban J connectivity index is 1.07. The number of nitrogens with two attached hydrogens (primary N) is 2. The lowest BCUT2D eigenvalue weighted by atomic mass is 9.98. The molecule has 0 spiro atoms. The van der Waals surface area contributed by atoms with Crippen LogP contribution in [-0.4, -0.2) is 62.7 Å². The fraction of sp³-hybridized carbons (Fsp3) is 0.224. The van der Waals surface area contributed by atoms with Crippen molar-refractivity contribution in [3.8, 4) is 23.0 Å². The van der Waals surface area contributed by atoms with E-state index in [0.29, 0.717) is 39.6 Å². The molecule has 0 fully saturated rings. The first-order valence-corrected chi connectivity index (χ1v) is 20.5. The van der Waals surface area contributed by atoms with Gasteiger partial charge in [0.25, 0.3) is 0 Å². The van der Waals surface area contributed by atoms with Crippen molar-refractivity contribution in [1.82, 2.24) is 0 Å². The number of halogens is 6. The number of anilines is 2. The molecule has 0 heterocycles. The summed E-state index contributed by atoms with van der Waals surface area (Å²) in [5, 5.41) is 0. The molecule has 0 aliphatic carbocycles. The molecule has 4 N–H and O–H groups in total. The quantitative estimate of drug-likeness (QED) is 0.0178. The van der Waals surface area contributed by atoms with E-state index in [1.54, 1.807) is 36.4 Å². The fourth-order valence-electron chi connectivity index (χ4n) is 5.91. The number of carbonyl (C=O) groups is 4. The van der Waals surface area contributed by atoms with Crippen molar-refractivity contribution in [2.75, 3.05) is 37.9 Å². The van der Waals surface area contributed by atoms with E-state index in [-0.39, 0.29) is 61.9 Å². The van der Waals surface area contributed by atoms with Crippen LogP contribution in [0.15, 0.2) is 127 Å². The molecule has 0 saturated heterocycles. The van der Waals surface area contributed by atoms with Crippen LogP contribution in [0, 0.1) is 0 Å². The third-order valence-electron chi connectivity index (χ3n) is 9.34. The fourth-order valence-corrected chi connectivity index (χ4v) is 5.91. The highest BCUT2D eigenvalue weighted by Gasteiger charge is 2.27. The number of nitrogen functional groups attached to an aromatic ring is 2. The SMILES string of the molecule is Nc1ccc(C(COC(=O)C=Cc2ccc(OC(=O)c3ccc(OCCCC(F)(F)F)cc3)cc2)COC(=O)C=Cc2ccc(OC(=O)c3ccc(OCCCC(F)(F)F)cc3)cc2)c(N)c1. The van der Waals surface area contributed by atoms with Gasteiger partial charge >= 0.3 is 36.2 Å². The van der Waals surface area contributed by atoms with Gasteiger partial charge in [0.15, 0.2) is 0 Å². The van der Waals surface area contributed by atoms with Crippen molar-refractivity contribution in [2.45, 2.75) is 44.0 Å². The maximum Gasteiger partial charge on any atom is 0.389 e. The van der Waals surface area contributed by atoms with Gasteiger partial charge in [-0.1, -0.05) is 30.3 Å². The number of carbonyl (C=O) groups excluding carboxylic acids is 4. The molecule has 0 saturated carbocycles. The standard InChI is InChI=1S/C49H44F6N2O10/c50-48(51,52)25-1-27-62-38-18-9-34(10-19-38)46(60)66-40-14-3-32(4-15-40)7-23-44(58)64-30-36(42-22-13-37(56)29-43(42)57)31-65-45(59)24-8-33-5-16-41(17-6-33)67-47(61)35-11-20-39(21-12-35)63-28-2-26-49(53,54)55/h3-24,29,36H,1-2,25-28,30-31,56-57H2. The zero-order chi connectivity index (χ0) is 48.4. The molecule has 0 unspecified atom stereocenters. The molecular weight excluding hydrogens is 891 g/mol. The van der Waals surface area contributed by atoms with Gasteiger partial charge in [-0.15, -0.1) is 0 Å². The van der Waals surface area contributed by atoms with Crippen LogP contribution in [0.5, 0.6) is 23.0 Å². The van der Waals surface area contributed by atoms with Crippen LogP contribution in [0.4, 0.5) is 37.7 Å². The average molecular weight is 935 g/mol. The van der Waals surface area contributed by atoms with Gasteiger partial charge in [0, 0.05) is 36.4 Å². The predicted octanol–water partition coefficient (Wildman–Crippen LogP) is 10.3. The van der Waals surface area contributed by atoms with E-state index in [1.807, 2.05) is 0 Å². The minimum absolute atomic E-state index is 0.130. The Bertz CT molecular complexity index is 2340. The molecule has 0 bridgehead atoms. The van der Waals surface area contributed by atoms with Crippen molar-refractivity contribution in [3.05, 3.63) is 155 Å². The van der Waals surface area contributed by atoms with Crippen LogP contribution in [0.1, 0.15) is 69.0 Å². The number of hydrogen-bond acceptors (Lipinski definition) is 12. The molecule has 12 nitrogen and oxygen atoms in total. The lowest BCUT2D eigenvalue weighted by Gasteiger charge is -2.19. The number of alkyl halides is 6. The monoisotopic (exact) mass is 934 g/mol. The predicted molar refractivity (Wildman–Crippen MR) is 235 cm³/mol. The molecule has 67 heavy (non-hydrogen) atoms. The van der Waals surface area contributed by atoms with Gasteiger partial charge in [-0.3, -0.25) is 0 Å². The summed E-state index contributed by atoms with van der Waals surface area (Å²) in [6.45, 7) is -0.709. The largest absolute Gasteiger partial charge is 0.494 e. The van der Waals surface area contributed by atoms with E-state index in [1.165, 1.54) is 103 Å². The van der Waals surface area contributed by atoms with E-state index in [9.17, 15) is 45.5 Å². The Kier molecular flexibility index (Phi) is 18.0. The maximum absolute atomic E-state index is 12.8. The molecular formula is C49H44F6N2O10. The third kappa shape index (κ3) is 18.0. The number of rotatable bonds is 21. The molecule has 0 aliphatic rings. The van der Waals surface area contributed by atoms with Crippen molar-refractivity contribution in [2.24, 2.45) is 0 Å². The summed E-state index contributed by atoms with van der Waals surface area (Å²) < 4.78 is 106. The van der Waals surface area contributed by atoms with Crippen molar-refractivity contribution in [1.29, 1.82) is 0 Å². The molecule has 5 aromatic rings. The molecule has 0 aliphatic heterocycles. The summed E-state index contributed by atoms with van der Waals surface area (Å²) in [6, 6.07) is 28.7. The number of benzene rings is 5. The van der Waals surface area contributed by atoms with Crippen molar-refractivity contribution < 1.29 is 73.9 Å². The maximum atomic E-state index is 12.8. The zero-order valence-corrected chi connectivity index (χ0v) is 35.5. The molecule has 18 heteroatoms. The highest BCUT2D eigenvalue weighted by atomic mass is 19.4. The van der Waals surface area contributed by atoms with Crippen LogP contribution in [0.3, 0.4) is 0 Å². The van der Waals surface area contributed by atoms with Crippen LogP contribution in [-0.2, 0) is 19.1 Å². The number of ether oxygens (including phenoxy) is 6. The minimum atomic E-state index is -4.26. The molecule has 352 valence electrons. The first-order chi connectivity index (χ1) is 31.9. The molecule has 0 amide bonds. The zero-order valence-electron chi connectivity index (χ0n) is 35.5. The normalized spacial score (nSPS) is 12.1. The first kappa shape index (κ1) is 50.2. The Morgan fingerprint density at radius 1 is 0.522 bits per heavy atom. The van der Waals surface area contributed by atoms with Crippen molar-refractivity contribution >= 4 is 47.4 Å². The van der Waals surface area contributed by atoms with Gasteiger partial charge < -0.3 is 39.9 Å². The third-order valence-corrected chi connectivity index (χ3v) is 9.34. The Hall–Kier alpha value is -7.76. The second-order valence-electron chi connectivity index (χ2n) is 14.6. The summed E-state index contributed by atoms with van der Waals surface area (Å²) in [7, 11) is 0. The number of esters is 4. The van der Waals surface area contributed by atoms with E-state index < -0.39 is 55.0 Å². The van der Waals surface area contributed by atoms with Crippen LogP contribution < -0.4 is 30.4 Å². The second-order valence-corrected chi connectivity index (χ2v) is 14.6. The number of hydrogen-bond donors (Lipinski definition) is 2. The van der Waals surface area contributed by atoms with Gasteiger partial charge in [-0.2, -0.15) is 26.3 Å². The summed E-state index contributed by atoms with van der Waals surface area (Å²) in [5.41, 5.74) is 14.8. The van der Waals surface area contributed by atoms with Gasteiger partial charge in [-0.25, -0.2) is 19.2 Å². The molecule has 5 aromatic carbocycles. The Labute approximate surface area is 380 Å². The summed E-state index contributed by atoms with van der Waals surface area (Å²) in [4.78, 5) is 50.8. The Morgan fingerprint density at radius 3 is 1.28 bits per heavy atom. The molecule has 5 rings (SSSR count). The lowest BCUT2D eigenvalue weighted by Crippen LogP contribution is -2.19. The van der Waals surface area contributed by atoms with Crippen LogP contribution in [0.2, 0.25) is 0 Å². The van der Waals surface area contributed by atoms with E-state index in [2.05, 4.69) is 0 Å². The topological polar surface area (TPSA) is 176 Å². The van der Waals surface area contributed by atoms with Gasteiger partial charge in [0.1, 0.15) is 36.2 Å². The summed E-state index contributed by atoms with van der Waals surface area (Å²) in [6.07, 6.45) is -5.52. The smallest absolute Gasteiger partial charge is 0.389 e. The molecule has 0 atom stereocenters. The highest BCUT2D eigenvalue weighted by Crippen LogP contribution is 2.27. The first-order valence-electron chi connectivity index (χ1n) is 20.5. The Morgan fingerprint density at radius 2 is 0.910 bits per heavy atom. The van der Waals surface area contributed by atoms with Gasteiger partial charge in [0.05, 0.1) is 30.3 Å². The second kappa shape index (κ2) is 24.0. The van der Waals surface area contributed by atoms with Crippen LogP contribution in [0.25, 0.3) is 12.2 Å². The minimum Gasteiger partial charge on any atom is -0.494 e. The molecule has 0 aromatic heterocycles.